The van der Waals surface area contributed by atoms with E-state index in [1.807, 2.05) is 74.6 Å². The average Bonchev–Trinajstić information content (AvgIpc) is 2.69. The van der Waals surface area contributed by atoms with Crippen molar-refractivity contribution in [2.24, 2.45) is 0 Å². The fourth-order valence-electron chi connectivity index (χ4n) is 1.55. The molecule has 0 bridgehead atoms. The Bertz CT molecular complexity index is 517. The van der Waals surface area contributed by atoms with Gasteiger partial charge in [-0.25, -0.2) is 8.78 Å². The van der Waals surface area contributed by atoms with Gasteiger partial charge in [0.25, 0.3) is 0 Å². The van der Waals surface area contributed by atoms with Gasteiger partial charge in [0.2, 0.25) is 0 Å². The Morgan fingerprint density at radius 3 is 1.59 bits per heavy atom. The van der Waals surface area contributed by atoms with Gasteiger partial charge in [-0.15, -0.1) is 24.0 Å². The molecule has 0 amide bonds. The van der Waals surface area contributed by atoms with Gasteiger partial charge in [-0.05, 0) is 49.6 Å². The van der Waals surface area contributed by atoms with Crippen molar-refractivity contribution in [2.75, 3.05) is 7.11 Å². The Labute approximate surface area is 182 Å². The molecule has 2 nitrogen and oxygen atoms in total. The lowest BCUT2D eigenvalue weighted by Gasteiger charge is -2.04. The second-order valence-electron chi connectivity index (χ2n) is 4.42. The number of pyridine rings is 1. The molecular weight excluding hydrogens is 459 g/mol. The molecule has 0 fully saturated rings. The van der Waals surface area contributed by atoms with Crippen molar-refractivity contribution in [1.29, 1.82) is 0 Å². The molecule has 0 saturated carbocycles. The van der Waals surface area contributed by atoms with E-state index in [-0.39, 0.29) is 29.7 Å². The standard InChI is InChI=1S/C9H10F2O.C7H9N.3C2H6.HI/c1-3-6-4-7(10)9(12-2)8(11)5-6;1-6-3-4-7(2)8-5-6;3*1-2;/h4-5H,3H2,1-2H3;3-5H,1-2H3;3*1-2H3;1H. The SMILES string of the molecule is CC.CC.CC.CCc1cc(F)c(OC)c(F)c1.Cc1ccc(C)nc1.I. The van der Waals surface area contributed by atoms with E-state index in [0.29, 0.717) is 12.0 Å². The first-order valence-corrected chi connectivity index (χ1v) is 9.39. The van der Waals surface area contributed by atoms with Crippen LogP contribution in [0.5, 0.6) is 5.75 Å². The van der Waals surface area contributed by atoms with Crippen LogP contribution in [0.25, 0.3) is 0 Å². The number of ether oxygens (including phenoxy) is 1. The van der Waals surface area contributed by atoms with Gasteiger partial charge in [-0.3, -0.25) is 4.98 Å². The normalized spacial score (nSPS) is 7.85. The lowest BCUT2D eigenvalue weighted by Crippen LogP contribution is -1.94. The van der Waals surface area contributed by atoms with Gasteiger partial charge in [0, 0.05) is 11.9 Å². The molecule has 0 spiro atoms. The second kappa shape index (κ2) is 22.8. The molecule has 0 aliphatic carbocycles. The molecule has 27 heavy (non-hydrogen) atoms. The fraction of sp³-hybridized carbons (Fsp3) is 0.500. The number of aromatic nitrogens is 1. The summed E-state index contributed by atoms with van der Waals surface area (Å²) in [4.78, 5) is 4.08. The summed E-state index contributed by atoms with van der Waals surface area (Å²) in [5.74, 6) is -1.60. The highest BCUT2D eigenvalue weighted by molar-refractivity contribution is 14.0. The molecule has 2 rings (SSSR count). The monoisotopic (exact) mass is 497 g/mol. The first-order valence-electron chi connectivity index (χ1n) is 9.39. The number of aryl methyl sites for hydroxylation is 3. The Hall–Kier alpha value is -1.24. The van der Waals surface area contributed by atoms with Crippen molar-refractivity contribution in [3.05, 3.63) is 58.9 Å². The number of rotatable bonds is 2. The number of hydrogen-bond acceptors (Lipinski definition) is 2. The van der Waals surface area contributed by atoms with Gasteiger partial charge >= 0.3 is 0 Å². The molecule has 0 saturated heterocycles. The van der Waals surface area contributed by atoms with Crippen molar-refractivity contribution in [2.45, 2.75) is 68.7 Å². The van der Waals surface area contributed by atoms with Crippen molar-refractivity contribution in [1.82, 2.24) is 4.98 Å². The predicted molar refractivity (Wildman–Crippen MR) is 125 cm³/mol. The minimum atomic E-state index is -0.644. The molecule has 0 aliphatic heterocycles. The Morgan fingerprint density at radius 2 is 1.33 bits per heavy atom. The topological polar surface area (TPSA) is 22.1 Å². The molecule has 0 aliphatic rings. The fourth-order valence-corrected chi connectivity index (χ4v) is 1.55. The number of nitrogens with zero attached hydrogens (tertiary/aromatic N) is 1. The third kappa shape index (κ3) is 15.5. The van der Waals surface area contributed by atoms with E-state index < -0.39 is 11.6 Å². The van der Waals surface area contributed by atoms with Crippen molar-refractivity contribution < 1.29 is 13.5 Å². The Morgan fingerprint density at radius 1 is 0.889 bits per heavy atom. The maximum atomic E-state index is 12.9. The summed E-state index contributed by atoms with van der Waals surface area (Å²) in [6.45, 7) is 17.9. The van der Waals surface area contributed by atoms with E-state index in [4.69, 9.17) is 0 Å². The summed E-state index contributed by atoms with van der Waals surface area (Å²) in [5, 5.41) is 0. The number of halogens is 3. The van der Waals surface area contributed by atoms with Crippen LogP contribution in [0.3, 0.4) is 0 Å². The molecule has 1 heterocycles. The van der Waals surface area contributed by atoms with Gasteiger partial charge < -0.3 is 4.74 Å². The minimum absolute atomic E-state index is 0. The van der Waals surface area contributed by atoms with Crippen LogP contribution in [0.2, 0.25) is 0 Å². The van der Waals surface area contributed by atoms with Gasteiger partial charge in [0.15, 0.2) is 17.4 Å². The smallest absolute Gasteiger partial charge is 0.190 e. The summed E-state index contributed by atoms with van der Waals surface area (Å²) in [5.41, 5.74) is 2.93. The van der Waals surface area contributed by atoms with Crippen LogP contribution in [0.15, 0.2) is 30.5 Å². The molecule has 0 unspecified atom stereocenters. The molecule has 0 N–H and O–H groups in total. The highest BCUT2D eigenvalue weighted by Crippen LogP contribution is 2.22. The number of benzene rings is 1. The molecule has 1 aromatic carbocycles. The van der Waals surface area contributed by atoms with Crippen LogP contribution in [-0.2, 0) is 6.42 Å². The quantitative estimate of drug-likeness (QED) is 0.393. The van der Waals surface area contributed by atoms with Gasteiger partial charge in [0.05, 0.1) is 7.11 Å². The molecule has 158 valence electrons. The maximum Gasteiger partial charge on any atom is 0.190 e. The summed E-state index contributed by atoms with van der Waals surface area (Å²) >= 11 is 0. The van der Waals surface area contributed by atoms with Crippen molar-refractivity contribution >= 4 is 24.0 Å². The lowest BCUT2D eigenvalue weighted by molar-refractivity contribution is 0.359. The first kappa shape index (κ1) is 33.4. The summed E-state index contributed by atoms with van der Waals surface area (Å²) in [6.07, 6.45) is 2.48. The largest absolute Gasteiger partial charge is 0.491 e. The lowest BCUT2D eigenvalue weighted by atomic mass is 10.1. The van der Waals surface area contributed by atoms with E-state index in [1.165, 1.54) is 24.8 Å². The Balaban J connectivity index is -0.000000154. The number of hydrogen-bond donors (Lipinski definition) is 0. The van der Waals surface area contributed by atoms with Crippen molar-refractivity contribution in [3.63, 3.8) is 0 Å². The van der Waals surface area contributed by atoms with Gasteiger partial charge in [0.1, 0.15) is 0 Å². The zero-order valence-electron chi connectivity index (χ0n) is 18.6. The average molecular weight is 497 g/mol. The minimum Gasteiger partial charge on any atom is -0.491 e. The number of methoxy groups -OCH3 is 1. The summed E-state index contributed by atoms with van der Waals surface area (Å²) in [7, 11) is 1.24. The van der Waals surface area contributed by atoms with Crippen LogP contribution < -0.4 is 4.74 Å². The molecule has 2 aromatic rings. The second-order valence-corrected chi connectivity index (χ2v) is 4.42. The van der Waals surface area contributed by atoms with Crippen LogP contribution in [0.4, 0.5) is 8.78 Å². The molecule has 1 aromatic heterocycles. The van der Waals surface area contributed by atoms with E-state index >= 15 is 0 Å². The summed E-state index contributed by atoms with van der Waals surface area (Å²) < 4.78 is 30.4. The highest BCUT2D eigenvalue weighted by atomic mass is 127. The van der Waals surface area contributed by atoms with E-state index in [9.17, 15) is 8.78 Å². The molecular formula is C22H38F2INO. The van der Waals surface area contributed by atoms with Crippen molar-refractivity contribution in [3.8, 4) is 5.75 Å². The van der Waals surface area contributed by atoms with E-state index in [1.54, 1.807) is 0 Å². The molecule has 5 heteroatoms. The highest BCUT2D eigenvalue weighted by Gasteiger charge is 2.09. The molecule has 0 radical (unpaired) electrons. The third-order valence-electron chi connectivity index (χ3n) is 2.73. The van der Waals surface area contributed by atoms with Crippen LogP contribution in [-0.4, -0.2) is 12.1 Å². The zero-order valence-corrected chi connectivity index (χ0v) is 20.9. The Kier molecular flexibility index (Phi) is 28.2. The van der Waals surface area contributed by atoms with Crippen LogP contribution in [0.1, 0.15) is 65.3 Å². The molecule has 0 atom stereocenters. The maximum absolute atomic E-state index is 12.9. The third-order valence-corrected chi connectivity index (χ3v) is 2.73. The van der Waals surface area contributed by atoms with E-state index in [2.05, 4.69) is 15.8 Å². The van der Waals surface area contributed by atoms with Gasteiger partial charge in [-0.1, -0.05) is 54.5 Å². The first-order chi connectivity index (χ1) is 12.5. The summed E-state index contributed by atoms with van der Waals surface area (Å²) in [6, 6.07) is 6.63. The van der Waals surface area contributed by atoms with Crippen LogP contribution >= 0.6 is 24.0 Å². The van der Waals surface area contributed by atoms with Gasteiger partial charge in [-0.2, -0.15) is 0 Å². The van der Waals surface area contributed by atoms with Crippen LogP contribution in [0, 0.1) is 25.5 Å². The zero-order chi connectivity index (χ0) is 21.1. The van der Waals surface area contributed by atoms with E-state index in [0.717, 1.165) is 5.69 Å². The predicted octanol–water partition coefficient (Wildman–Crippen LogP) is 7.93.